The molecule has 1 unspecified atom stereocenters. The van der Waals surface area contributed by atoms with Gasteiger partial charge in [0.1, 0.15) is 0 Å². The fraction of sp³-hybridized carbons (Fsp3) is 0.571. The molecule has 0 aliphatic carbocycles. The zero-order valence-corrected chi connectivity index (χ0v) is 11.6. The molecule has 0 amide bonds. The SMILES string of the molecule is CCN(CC)CCNC(CN)c1ccc(F)c(F)c1. The Morgan fingerprint density at radius 3 is 2.42 bits per heavy atom. The van der Waals surface area contributed by atoms with Gasteiger partial charge in [-0.2, -0.15) is 0 Å². The molecule has 0 saturated heterocycles. The molecule has 0 aromatic heterocycles. The molecule has 108 valence electrons. The number of rotatable bonds is 8. The highest BCUT2D eigenvalue weighted by atomic mass is 19.2. The number of nitrogens with two attached hydrogens (primary N) is 1. The fourth-order valence-electron chi connectivity index (χ4n) is 2.00. The summed E-state index contributed by atoms with van der Waals surface area (Å²) in [5.41, 5.74) is 6.36. The van der Waals surface area contributed by atoms with Gasteiger partial charge in [-0.3, -0.25) is 0 Å². The van der Waals surface area contributed by atoms with Gasteiger partial charge in [-0.25, -0.2) is 8.78 Å². The zero-order chi connectivity index (χ0) is 14.3. The van der Waals surface area contributed by atoms with Gasteiger partial charge in [0, 0.05) is 25.7 Å². The van der Waals surface area contributed by atoms with Crippen molar-refractivity contribution in [2.45, 2.75) is 19.9 Å². The largest absolute Gasteiger partial charge is 0.329 e. The Morgan fingerprint density at radius 2 is 1.89 bits per heavy atom. The van der Waals surface area contributed by atoms with Crippen LogP contribution in [-0.4, -0.2) is 37.6 Å². The Labute approximate surface area is 113 Å². The Kier molecular flexibility index (Phi) is 6.91. The lowest BCUT2D eigenvalue weighted by Gasteiger charge is -2.22. The van der Waals surface area contributed by atoms with Crippen LogP contribution in [0.3, 0.4) is 0 Å². The van der Waals surface area contributed by atoms with Crippen molar-refractivity contribution in [1.29, 1.82) is 0 Å². The maximum absolute atomic E-state index is 13.2. The average molecular weight is 271 g/mol. The van der Waals surface area contributed by atoms with Crippen molar-refractivity contribution in [3.63, 3.8) is 0 Å². The second kappa shape index (κ2) is 8.19. The molecule has 0 fully saturated rings. The predicted molar refractivity (Wildman–Crippen MR) is 73.9 cm³/mol. The summed E-state index contributed by atoms with van der Waals surface area (Å²) < 4.78 is 26.1. The van der Waals surface area contributed by atoms with E-state index in [0.29, 0.717) is 12.1 Å². The highest BCUT2D eigenvalue weighted by Crippen LogP contribution is 2.15. The summed E-state index contributed by atoms with van der Waals surface area (Å²) in [6.07, 6.45) is 0. The van der Waals surface area contributed by atoms with Gasteiger partial charge in [-0.15, -0.1) is 0 Å². The molecular weight excluding hydrogens is 248 g/mol. The molecule has 3 nitrogen and oxygen atoms in total. The molecule has 0 saturated carbocycles. The maximum atomic E-state index is 13.2. The van der Waals surface area contributed by atoms with Crippen LogP contribution in [-0.2, 0) is 0 Å². The van der Waals surface area contributed by atoms with Gasteiger partial charge in [-0.1, -0.05) is 19.9 Å². The van der Waals surface area contributed by atoms with Gasteiger partial charge in [0.25, 0.3) is 0 Å². The van der Waals surface area contributed by atoms with E-state index < -0.39 is 11.6 Å². The first-order chi connectivity index (χ1) is 9.12. The highest BCUT2D eigenvalue weighted by Gasteiger charge is 2.12. The first kappa shape index (κ1) is 16.0. The predicted octanol–water partition coefficient (Wildman–Crippen LogP) is 1.90. The summed E-state index contributed by atoms with van der Waals surface area (Å²) in [4.78, 5) is 2.28. The van der Waals surface area contributed by atoms with Crippen LogP contribution in [0, 0.1) is 11.6 Å². The summed E-state index contributed by atoms with van der Waals surface area (Å²) in [7, 11) is 0. The van der Waals surface area contributed by atoms with E-state index in [0.717, 1.165) is 32.2 Å². The zero-order valence-electron chi connectivity index (χ0n) is 11.6. The van der Waals surface area contributed by atoms with Crippen LogP contribution in [0.5, 0.6) is 0 Å². The van der Waals surface area contributed by atoms with Gasteiger partial charge < -0.3 is 16.0 Å². The van der Waals surface area contributed by atoms with E-state index in [1.165, 1.54) is 6.07 Å². The van der Waals surface area contributed by atoms with Crippen molar-refractivity contribution >= 4 is 0 Å². The second-order valence-corrected chi connectivity index (χ2v) is 4.44. The number of nitrogens with zero attached hydrogens (tertiary/aromatic N) is 1. The highest BCUT2D eigenvalue weighted by molar-refractivity contribution is 5.21. The minimum atomic E-state index is -0.832. The van der Waals surface area contributed by atoms with Gasteiger partial charge in [0.2, 0.25) is 0 Å². The lowest BCUT2D eigenvalue weighted by Crippen LogP contribution is -2.36. The van der Waals surface area contributed by atoms with Crippen molar-refractivity contribution < 1.29 is 8.78 Å². The second-order valence-electron chi connectivity index (χ2n) is 4.44. The first-order valence-corrected chi connectivity index (χ1v) is 6.73. The minimum absolute atomic E-state index is 0.148. The molecule has 3 N–H and O–H groups in total. The Morgan fingerprint density at radius 1 is 1.21 bits per heavy atom. The van der Waals surface area contributed by atoms with Crippen LogP contribution in [0.2, 0.25) is 0 Å². The Hall–Kier alpha value is -1.04. The summed E-state index contributed by atoms with van der Waals surface area (Å²) in [6, 6.07) is 3.77. The Bertz CT molecular complexity index is 381. The number of hydrogen-bond donors (Lipinski definition) is 2. The van der Waals surface area contributed by atoms with Crippen LogP contribution in [0.4, 0.5) is 8.78 Å². The van der Waals surface area contributed by atoms with Crippen LogP contribution < -0.4 is 11.1 Å². The van der Waals surface area contributed by atoms with Crippen molar-refractivity contribution in [1.82, 2.24) is 10.2 Å². The number of likely N-dealkylation sites (N-methyl/N-ethyl adjacent to an activating group) is 1. The van der Waals surface area contributed by atoms with Crippen LogP contribution >= 0.6 is 0 Å². The summed E-state index contributed by atoms with van der Waals surface area (Å²) in [5.74, 6) is -1.66. The molecule has 19 heavy (non-hydrogen) atoms. The third-order valence-electron chi connectivity index (χ3n) is 3.29. The molecule has 1 aromatic carbocycles. The van der Waals surface area contributed by atoms with E-state index in [4.69, 9.17) is 5.73 Å². The van der Waals surface area contributed by atoms with Gasteiger partial charge in [0.05, 0.1) is 0 Å². The van der Waals surface area contributed by atoms with Gasteiger partial charge in [0.15, 0.2) is 11.6 Å². The van der Waals surface area contributed by atoms with Gasteiger partial charge >= 0.3 is 0 Å². The third kappa shape index (κ3) is 4.86. The first-order valence-electron chi connectivity index (χ1n) is 6.73. The van der Waals surface area contributed by atoms with Crippen molar-refractivity contribution in [2.24, 2.45) is 5.73 Å². The summed E-state index contributed by atoms with van der Waals surface area (Å²) in [6.45, 7) is 8.24. The molecule has 0 bridgehead atoms. The van der Waals surface area contributed by atoms with E-state index >= 15 is 0 Å². The molecule has 1 aromatic rings. The summed E-state index contributed by atoms with van der Waals surface area (Å²) >= 11 is 0. The lowest BCUT2D eigenvalue weighted by atomic mass is 10.1. The van der Waals surface area contributed by atoms with E-state index in [2.05, 4.69) is 24.1 Å². The molecule has 1 atom stereocenters. The van der Waals surface area contributed by atoms with Crippen molar-refractivity contribution in [3.8, 4) is 0 Å². The molecule has 0 aliphatic rings. The number of benzene rings is 1. The molecule has 0 aliphatic heterocycles. The summed E-state index contributed by atoms with van der Waals surface area (Å²) in [5, 5.41) is 3.28. The molecular formula is C14H23F2N3. The average Bonchev–Trinajstić information content (AvgIpc) is 2.42. The molecule has 1 rings (SSSR count). The van der Waals surface area contributed by atoms with E-state index in [9.17, 15) is 8.78 Å². The molecule has 5 heteroatoms. The monoisotopic (exact) mass is 271 g/mol. The number of halogens is 2. The standard InChI is InChI=1S/C14H23F2N3/c1-3-19(4-2)8-7-18-14(10-17)11-5-6-12(15)13(16)9-11/h5-6,9,14,18H,3-4,7-8,10,17H2,1-2H3. The number of nitrogens with one attached hydrogen (secondary N) is 1. The smallest absolute Gasteiger partial charge is 0.159 e. The minimum Gasteiger partial charge on any atom is -0.329 e. The van der Waals surface area contributed by atoms with Gasteiger partial charge in [-0.05, 0) is 30.8 Å². The quantitative estimate of drug-likeness (QED) is 0.759. The fourth-order valence-corrected chi connectivity index (χ4v) is 2.00. The lowest BCUT2D eigenvalue weighted by molar-refractivity contribution is 0.296. The molecule has 0 heterocycles. The van der Waals surface area contributed by atoms with E-state index in [-0.39, 0.29) is 6.04 Å². The van der Waals surface area contributed by atoms with Crippen molar-refractivity contribution in [3.05, 3.63) is 35.4 Å². The van der Waals surface area contributed by atoms with Crippen LogP contribution in [0.25, 0.3) is 0 Å². The number of hydrogen-bond acceptors (Lipinski definition) is 3. The van der Waals surface area contributed by atoms with E-state index in [1.807, 2.05) is 0 Å². The van der Waals surface area contributed by atoms with Crippen molar-refractivity contribution in [2.75, 3.05) is 32.7 Å². The van der Waals surface area contributed by atoms with Crippen LogP contribution in [0.1, 0.15) is 25.5 Å². The van der Waals surface area contributed by atoms with Crippen LogP contribution in [0.15, 0.2) is 18.2 Å². The van der Waals surface area contributed by atoms with E-state index in [1.54, 1.807) is 6.07 Å². The maximum Gasteiger partial charge on any atom is 0.159 e. The normalized spacial score (nSPS) is 12.9. The Balaban J connectivity index is 2.55. The molecule has 0 spiro atoms. The molecule has 0 radical (unpaired) electrons. The topological polar surface area (TPSA) is 41.3 Å². The third-order valence-corrected chi connectivity index (χ3v) is 3.29.